The lowest BCUT2D eigenvalue weighted by molar-refractivity contribution is -0.111. The molecule has 2 nitrogen and oxygen atoms in total. The first-order valence-electron chi connectivity index (χ1n) is 8.18. The Labute approximate surface area is 136 Å². The van der Waals surface area contributed by atoms with E-state index >= 15 is 0 Å². The Morgan fingerprint density at radius 3 is 1.59 bits per heavy atom. The first kappa shape index (κ1) is 20.3. The second kappa shape index (κ2) is 19.3. The number of aldehydes is 1. The molecule has 0 saturated heterocycles. The van der Waals surface area contributed by atoms with E-state index in [9.17, 15) is 4.79 Å². The Balaban J connectivity index is 3.42. The van der Waals surface area contributed by atoms with Crippen LogP contribution in [0.25, 0.3) is 0 Å². The van der Waals surface area contributed by atoms with Crippen molar-refractivity contribution < 1.29 is 9.53 Å². The largest absolute Gasteiger partial charge is 0.374 e. The van der Waals surface area contributed by atoms with E-state index in [-0.39, 0.29) is 6.61 Å². The van der Waals surface area contributed by atoms with Gasteiger partial charge in [0, 0.05) is 0 Å². The van der Waals surface area contributed by atoms with Crippen molar-refractivity contribution in [1.29, 1.82) is 0 Å². The number of hydrogen-bond acceptors (Lipinski definition) is 2. The standard InChI is InChI=1S/C20H30O2/c1-2-3-4-5-6-7-8-9-10-11-12-13-14-15-16-17-19-22-20-18-21/h3-4,6-7,9-10,12-13,15-16,18H,2,5,8,11,14,17,19-20H2,1H3/b4-3-,7-6-,10-9-,13-12-,16-15-. The van der Waals surface area contributed by atoms with Gasteiger partial charge in [-0.2, -0.15) is 0 Å². The van der Waals surface area contributed by atoms with Crippen LogP contribution in [0, 0.1) is 0 Å². The third-order valence-electron chi connectivity index (χ3n) is 2.77. The molecule has 0 unspecified atom stereocenters. The van der Waals surface area contributed by atoms with Crippen molar-refractivity contribution in [2.24, 2.45) is 0 Å². The van der Waals surface area contributed by atoms with Gasteiger partial charge >= 0.3 is 0 Å². The molecule has 0 aromatic rings. The maximum atomic E-state index is 10.0. The van der Waals surface area contributed by atoms with Crippen LogP contribution in [0.15, 0.2) is 60.8 Å². The molecule has 0 radical (unpaired) electrons. The predicted molar refractivity (Wildman–Crippen MR) is 96.0 cm³/mol. The Kier molecular flexibility index (Phi) is 17.9. The van der Waals surface area contributed by atoms with Crippen LogP contribution < -0.4 is 0 Å². The number of rotatable bonds is 14. The Hall–Kier alpha value is -1.67. The summed E-state index contributed by atoms with van der Waals surface area (Å²) in [4.78, 5) is 10.0. The van der Waals surface area contributed by atoms with Crippen LogP contribution >= 0.6 is 0 Å². The average molecular weight is 302 g/mol. The highest BCUT2D eigenvalue weighted by Gasteiger charge is 1.82. The van der Waals surface area contributed by atoms with Crippen molar-refractivity contribution in [3.8, 4) is 0 Å². The minimum Gasteiger partial charge on any atom is -0.374 e. The summed E-state index contributed by atoms with van der Waals surface area (Å²) in [7, 11) is 0. The van der Waals surface area contributed by atoms with Crippen LogP contribution in [0.5, 0.6) is 0 Å². The van der Waals surface area contributed by atoms with Gasteiger partial charge in [0.1, 0.15) is 12.9 Å². The van der Waals surface area contributed by atoms with Crippen molar-refractivity contribution >= 4 is 6.29 Å². The molecule has 2 heteroatoms. The zero-order chi connectivity index (χ0) is 16.1. The molecular formula is C20H30O2. The van der Waals surface area contributed by atoms with Gasteiger partial charge in [0.05, 0.1) is 6.61 Å². The van der Waals surface area contributed by atoms with Gasteiger partial charge in [0.15, 0.2) is 0 Å². The van der Waals surface area contributed by atoms with Crippen LogP contribution in [0.1, 0.15) is 45.4 Å². The van der Waals surface area contributed by atoms with Gasteiger partial charge in [-0.15, -0.1) is 0 Å². The molecule has 0 saturated carbocycles. The summed E-state index contributed by atoms with van der Waals surface area (Å²) in [5.41, 5.74) is 0. The first-order chi connectivity index (χ1) is 10.9. The minimum absolute atomic E-state index is 0.199. The topological polar surface area (TPSA) is 26.3 Å². The van der Waals surface area contributed by atoms with Crippen molar-refractivity contribution in [3.05, 3.63) is 60.8 Å². The molecule has 122 valence electrons. The quantitative estimate of drug-likeness (QED) is 0.246. The second-order valence-electron chi connectivity index (χ2n) is 4.74. The fourth-order valence-electron chi connectivity index (χ4n) is 1.65. The number of ether oxygens (including phenoxy) is 1. The lowest BCUT2D eigenvalue weighted by Crippen LogP contribution is -1.95. The molecule has 0 heterocycles. The van der Waals surface area contributed by atoms with E-state index in [1.807, 2.05) is 0 Å². The van der Waals surface area contributed by atoms with E-state index in [0.717, 1.165) is 44.8 Å². The number of allylic oxidation sites excluding steroid dienone is 9. The summed E-state index contributed by atoms with van der Waals surface area (Å²) in [6.07, 6.45) is 28.5. The van der Waals surface area contributed by atoms with Crippen molar-refractivity contribution in [1.82, 2.24) is 0 Å². The lowest BCUT2D eigenvalue weighted by atomic mass is 10.2. The third-order valence-corrected chi connectivity index (χ3v) is 2.77. The number of hydrogen-bond donors (Lipinski definition) is 0. The van der Waals surface area contributed by atoms with Gasteiger partial charge in [-0.3, -0.25) is 0 Å². The summed E-state index contributed by atoms with van der Waals surface area (Å²) < 4.78 is 5.05. The van der Waals surface area contributed by atoms with Gasteiger partial charge in [-0.25, -0.2) is 0 Å². The van der Waals surface area contributed by atoms with Crippen molar-refractivity contribution in [2.75, 3.05) is 13.2 Å². The number of carbonyl (C=O) groups is 1. The zero-order valence-electron chi connectivity index (χ0n) is 13.8. The van der Waals surface area contributed by atoms with E-state index in [1.165, 1.54) is 0 Å². The summed E-state index contributed by atoms with van der Waals surface area (Å²) >= 11 is 0. The molecule has 0 atom stereocenters. The second-order valence-corrected chi connectivity index (χ2v) is 4.74. The van der Waals surface area contributed by atoms with E-state index in [4.69, 9.17) is 4.74 Å². The van der Waals surface area contributed by atoms with Gasteiger partial charge in [-0.05, 0) is 38.5 Å². The lowest BCUT2D eigenvalue weighted by Gasteiger charge is -1.93. The van der Waals surface area contributed by atoms with Crippen LogP contribution in [-0.4, -0.2) is 19.5 Å². The van der Waals surface area contributed by atoms with Crippen molar-refractivity contribution in [3.63, 3.8) is 0 Å². The summed E-state index contributed by atoms with van der Waals surface area (Å²) in [6, 6.07) is 0. The highest BCUT2D eigenvalue weighted by atomic mass is 16.5. The Morgan fingerprint density at radius 1 is 0.682 bits per heavy atom. The average Bonchev–Trinajstić information content (AvgIpc) is 2.54. The fourth-order valence-corrected chi connectivity index (χ4v) is 1.65. The van der Waals surface area contributed by atoms with E-state index in [0.29, 0.717) is 6.61 Å². The molecular weight excluding hydrogens is 272 g/mol. The van der Waals surface area contributed by atoms with E-state index in [1.54, 1.807) is 0 Å². The fraction of sp³-hybridized carbons (Fsp3) is 0.450. The first-order valence-corrected chi connectivity index (χ1v) is 8.18. The van der Waals surface area contributed by atoms with Crippen LogP contribution in [0.3, 0.4) is 0 Å². The molecule has 0 amide bonds. The molecule has 22 heavy (non-hydrogen) atoms. The smallest absolute Gasteiger partial charge is 0.145 e. The molecule has 0 aliphatic rings. The van der Waals surface area contributed by atoms with Crippen molar-refractivity contribution in [2.45, 2.75) is 45.4 Å². The van der Waals surface area contributed by atoms with E-state index in [2.05, 4.69) is 67.7 Å². The molecule has 0 rings (SSSR count). The molecule has 0 aliphatic carbocycles. The summed E-state index contributed by atoms with van der Waals surface area (Å²) in [5, 5.41) is 0. The molecule has 0 aromatic heterocycles. The molecule has 0 fully saturated rings. The Morgan fingerprint density at radius 2 is 1.14 bits per heavy atom. The maximum absolute atomic E-state index is 10.0. The molecule has 0 spiro atoms. The Bertz CT molecular complexity index is 373. The van der Waals surface area contributed by atoms with Crippen LogP contribution in [0.4, 0.5) is 0 Å². The van der Waals surface area contributed by atoms with Gasteiger partial charge in [0.25, 0.3) is 0 Å². The van der Waals surface area contributed by atoms with Gasteiger partial charge in [-0.1, -0.05) is 67.7 Å². The SMILES string of the molecule is CC/C=C\C/C=C\C/C=C\C/C=C\C/C=C\CCOCC=O. The van der Waals surface area contributed by atoms with E-state index < -0.39 is 0 Å². The minimum atomic E-state index is 0.199. The molecule has 0 bridgehead atoms. The van der Waals surface area contributed by atoms with Gasteiger partial charge < -0.3 is 9.53 Å². The molecule has 0 aliphatic heterocycles. The molecule has 0 aromatic carbocycles. The highest BCUT2D eigenvalue weighted by Crippen LogP contribution is 1.96. The van der Waals surface area contributed by atoms with Crippen LogP contribution in [0.2, 0.25) is 0 Å². The molecule has 0 N–H and O–H groups in total. The normalized spacial score (nSPS) is 12.8. The van der Waals surface area contributed by atoms with Crippen LogP contribution in [-0.2, 0) is 9.53 Å². The monoisotopic (exact) mass is 302 g/mol. The highest BCUT2D eigenvalue weighted by molar-refractivity contribution is 5.50. The number of carbonyl (C=O) groups excluding carboxylic acids is 1. The van der Waals surface area contributed by atoms with Gasteiger partial charge in [0.2, 0.25) is 0 Å². The summed E-state index contributed by atoms with van der Waals surface area (Å²) in [5.74, 6) is 0. The summed E-state index contributed by atoms with van der Waals surface area (Å²) in [6.45, 7) is 2.96. The maximum Gasteiger partial charge on any atom is 0.145 e. The third kappa shape index (κ3) is 18.3. The predicted octanol–water partition coefficient (Wildman–Crippen LogP) is 5.34. The zero-order valence-corrected chi connectivity index (χ0v) is 13.8.